The highest BCUT2D eigenvalue weighted by Gasteiger charge is 2.12. The van der Waals surface area contributed by atoms with Gasteiger partial charge in [0.2, 0.25) is 17.7 Å². The topological polar surface area (TPSA) is 68.0 Å². The second-order valence-electron chi connectivity index (χ2n) is 5.04. The molecule has 1 aromatic heterocycles. The van der Waals surface area contributed by atoms with Crippen molar-refractivity contribution in [1.29, 1.82) is 0 Å². The first-order valence-corrected chi connectivity index (χ1v) is 7.92. The van der Waals surface area contributed by atoms with E-state index in [-0.39, 0.29) is 5.91 Å². The molecule has 0 saturated heterocycles. The third-order valence-electron chi connectivity index (χ3n) is 3.24. The summed E-state index contributed by atoms with van der Waals surface area (Å²) in [6, 6.07) is 7.28. The van der Waals surface area contributed by atoms with Gasteiger partial charge in [-0.25, -0.2) is 0 Å². The number of nitrogens with zero attached hydrogens (tertiary/aromatic N) is 2. The fourth-order valence-electron chi connectivity index (χ4n) is 2.01. The van der Waals surface area contributed by atoms with Crippen LogP contribution < -0.4 is 5.32 Å². The Kier molecular flexibility index (Phi) is 6.40. The van der Waals surface area contributed by atoms with E-state index in [0.29, 0.717) is 35.2 Å². The average Bonchev–Trinajstić information content (AvgIpc) is 2.99. The van der Waals surface area contributed by atoms with Gasteiger partial charge in [0.15, 0.2) is 0 Å². The zero-order chi connectivity index (χ0) is 15.8. The Bertz CT molecular complexity index is 613. The quantitative estimate of drug-likeness (QED) is 0.754. The minimum Gasteiger partial charge on any atom is -0.421 e. The van der Waals surface area contributed by atoms with Crippen LogP contribution >= 0.6 is 11.6 Å². The van der Waals surface area contributed by atoms with Crippen molar-refractivity contribution < 1.29 is 9.21 Å². The lowest BCUT2D eigenvalue weighted by molar-refractivity contribution is -0.121. The van der Waals surface area contributed by atoms with Gasteiger partial charge in [-0.05, 0) is 18.6 Å². The molecule has 2 rings (SSSR count). The van der Waals surface area contributed by atoms with Crippen LogP contribution in [0.25, 0.3) is 11.5 Å². The average molecular weight is 322 g/mol. The number of carbonyl (C=O) groups is 1. The molecule has 0 fully saturated rings. The summed E-state index contributed by atoms with van der Waals surface area (Å²) < 4.78 is 5.56. The van der Waals surface area contributed by atoms with Crippen LogP contribution in [-0.2, 0) is 11.2 Å². The number of halogens is 1. The molecule has 0 aliphatic carbocycles. The number of aryl methyl sites for hydroxylation is 1. The van der Waals surface area contributed by atoms with Gasteiger partial charge in [0.25, 0.3) is 0 Å². The molecule has 1 heterocycles. The second kappa shape index (κ2) is 8.54. The summed E-state index contributed by atoms with van der Waals surface area (Å²) >= 11 is 6.09. The molecular formula is C16H20ClN3O2. The molecule has 6 heteroatoms. The van der Waals surface area contributed by atoms with Crippen LogP contribution in [0.15, 0.2) is 28.7 Å². The zero-order valence-corrected chi connectivity index (χ0v) is 13.4. The highest BCUT2D eigenvalue weighted by Crippen LogP contribution is 2.26. The molecule has 0 atom stereocenters. The van der Waals surface area contributed by atoms with E-state index in [2.05, 4.69) is 22.4 Å². The third kappa shape index (κ3) is 4.84. The molecule has 0 bridgehead atoms. The molecule has 118 valence electrons. The number of hydrogen-bond donors (Lipinski definition) is 1. The van der Waals surface area contributed by atoms with Crippen LogP contribution in [0.4, 0.5) is 0 Å². The number of amides is 1. The summed E-state index contributed by atoms with van der Waals surface area (Å²) in [5, 5.41) is 11.4. The molecule has 5 nitrogen and oxygen atoms in total. The molecule has 2 aromatic rings. The van der Waals surface area contributed by atoms with Crippen molar-refractivity contribution in [2.45, 2.75) is 39.0 Å². The predicted octanol–water partition coefficient (Wildman–Crippen LogP) is 3.63. The summed E-state index contributed by atoms with van der Waals surface area (Å²) in [5.74, 6) is 0.830. The number of hydrogen-bond acceptors (Lipinski definition) is 4. The standard InChI is InChI=1S/C16H20ClN3O2/c1-2-3-6-11-18-14(21)9-10-15-19-20-16(22-15)12-7-4-5-8-13(12)17/h4-5,7-8H,2-3,6,9-11H2,1H3,(H,18,21). The van der Waals surface area contributed by atoms with Gasteiger partial charge >= 0.3 is 0 Å². The largest absolute Gasteiger partial charge is 0.421 e. The van der Waals surface area contributed by atoms with Crippen LogP contribution in [0.5, 0.6) is 0 Å². The van der Waals surface area contributed by atoms with Crippen molar-refractivity contribution in [3.63, 3.8) is 0 Å². The first-order chi connectivity index (χ1) is 10.7. The molecule has 1 amide bonds. The first kappa shape index (κ1) is 16.5. The lowest BCUT2D eigenvalue weighted by atomic mass is 10.2. The van der Waals surface area contributed by atoms with Gasteiger partial charge in [0.05, 0.1) is 10.6 Å². The molecule has 1 N–H and O–H groups in total. The predicted molar refractivity (Wildman–Crippen MR) is 85.6 cm³/mol. The fourth-order valence-corrected chi connectivity index (χ4v) is 2.23. The van der Waals surface area contributed by atoms with Crippen molar-refractivity contribution in [3.8, 4) is 11.5 Å². The van der Waals surface area contributed by atoms with Gasteiger partial charge in [-0.1, -0.05) is 43.5 Å². The van der Waals surface area contributed by atoms with Crippen molar-refractivity contribution >= 4 is 17.5 Å². The summed E-state index contributed by atoms with van der Waals surface area (Å²) in [7, 11) is 0. The van der Waals surface area contributed by atoms with E-state index in [0.717, 1.165) is 25.8 Å². The van der Waals surface area contributed by atoms with E-state index >= 15 is 0 Å². The molecule has 0 aliphatic heterocycles. The molecule has 0 spiro atoms. The summed E-state index contributed by atoms with van der Waals surface area (Å²) in [6.45, 7) is 2.86. The third-order valence-corrected chi connectivity index (χ3v) is 3.57. The van der Waals surface area contributed by atoms with Crippen molar-refractivity contribution in [2.24, 2.45) is 0 Å². The molecule has 0 aliphatic rings. The zero-order valence-electron chi connectivity index (χ0n) is 12.6. The van der Waals surface area contributed by atoms with Gasteiger partial charge in [0.1, 0.15) is 0 Å². The lowest BCUT2D eigenvalue weighted by Gasteiger charge is -2.02. The summed E-state index contributed by atoms with van der Waals surface area (Å²) in [6.07, 6.45) is 4.06. The minimum absolute atomic E-state index is 0.00796. The van der Waals surface area contributed by atoms with Crippen LogP contribution in [0.1, 0.15) is 38.5 Å². The van der Waals surface area contributed by atoms with Crippen LogP contribution in [0, 0.1) is 0 Å². The number of benzene rings is 1. The Hall–Kier alpha value is -1.88. The Labute approximate surface area is 135 Å². The molecular weight excluding hydrogens is 302 g/mol. The number of unbranched alkanes of at least 4 members (excludes halogenated alkanes) is 2. The molecule has 22 heavy (non-hydrogen) atoms. The van der Waals surface area contributed by atoms with Crippen molar-refractivity contribution in [1.82, 2.24) is 15.5 Å². The number of carbonyl (C=O) groups excluding carboxylic acids is 1. The Balaban J connectivity index is 1.83. The molecule has 0 radical (unpaired) electrons. The summed E-state index contributed by atoms with van der Waals surface area (Å²) in [5.41, 5.74) is 0.701. The van der Waals surface area contributed by atoms with E-state index < -0.39 is 0 Å². The molecule has 0 saturated carbocycles. The summed E-state index contributed by atoms with van der Waals surface area (Å²) in [4.78, 5) is 11.7. The fraction of sp³-hybridized carbons (Fsp3) is 0.438. The maximum atomic E-state index is 11.7. The smallest absolute Gasteiger partial charge is 0.249 e. The van der Waals surface area contributed by atoms with E-state index in [9.17, 15) is 4.79 Å². The maximum Gasteiger partial charge on any atom is 0.249 e. The Morgan fingerprint density at radius 3 is 2.86 bits per heavy atom. The van der Waals surface area contributed by atoms with Crippen LogP contribution in [0.2, 0.25) is 5.02 Å². The highest BCUT2D eigenvalue weighted by atomic mass is 35.5. The van der Waals surface area contributed by atoms with Crippen LogP contribution in [-0.4, -0.2) is 22.6 Å². The normalized spacial score (nSPS) is 10.6. The lowest BCUT2D eigenvalue weighted by Crippen LogP contribution is -2.24. The van der Waals surface area contributed by atoms with Gasteiger partial charge < -0.3 is 9.73 Å². The van der Waals surface area contributed by atoms with E-state index in [1.165, 1.54) is 0 Å². The number of aromatic nitrogens is 2. The Morgan fingerprint density at radius 2 is 2.09 bits per heavy atom. The monoisotopic (exact) mass is 321 g/mol. The Morgan fingerprint density at radius 1 is 1.27 bits per heavy atom. The van der Waals surface area contributed by atoms with E-state index in [4.69, 9.17) is 16.0 Å². The van der Waals surface area contributed by atoms with Gasteiger partial charge in [0, 0.05) is 19.4 Å². The molecule has 1 aromatic carbocycles. The van der Waals surface area contributed by atoms with Gasteiger partial charge in [-0.15, -0.1) is 10.2 Å². The second-order valence-corrected chi connectivity index (χ2v) is 5.45. The number of rotatable bonds is 8. The van der Waals surface area contributed by atoms with Crippen molar-refractivity contribution in [3.05, 3.63) is 35.2 Å². The maximum absolute atomic E-state index is 11.7. The van der Waals surface area contributed by atoms with E-state index in [1.807, 2.05) is 18.2 Å². The highest BCUT2D eigenvalue weighted by molar-refractivity contribution is 6.33. The van der Waals surface area contributed by atoms with Gasteiger partial charge in [-0.3, -0.25) is 4.79 Å². The van der Waals surface area contributed by atoms with Crippen LogP contribution in [0.3, 0.4) is 0 Å². The van der Waals surface area contributed by atoms with Gasteiger partial charge in [-0.2, -0.15) is 0 Å². The van der Waals surface area contributed by atoms with Crippen molar-refractivity contribution in [2.75, 3.05) is 6.54 Å². The number of nitrogens with one attached hydrogen (secondary N) is 1. The molecule has 0 unspecified atom stereocenters. The van der Waals surface area contributed by atoms with E-state index in [1.54, 1.807) is 6.07 Å². The first-order valence-electron chi connectivity index (χ1n) is 7.54. The minimum atomic E-state index is 0.00796. The SMILES string of the molecule is CCCCCNC(=O)CCc1nnc(-c2ccccc2Cl)o1.